The van der Waals surface area contributed by atoms with E-state index in [9.17, 15) is 0 Å². The highest BCUT2D eigenvalue weighted by atomic mass is 16.5. The molecular weight excluding hydrogens is 200 g/mol. The van der Waals surface area contributed by atoms with Gasteiger partial charge in [-0.1, -0.05) is 0 Å². The van der Waals surface area contributed by atoms with Gasteiger partial charge in [0.25, 0.3) is 0 Å². The van der Waals surface area contributed by atoms with Crippen molar-refractivity contribution >= 4 is 0 Å². The van der Waals surface area contributed by atoms with Crippen molar-refractivity contribution in [3.63, 3.8) is 0 Å². The largest absolute Gasteiger partial charge is 0.397 e. The summed E-state index contributed by atoms with van der Waals surface area (Å²) in [5.41, 5.74) is 0. The normalized spacial score (nSPS) is 8.40. The molecule has 0 aliphatic heterocycles. The summed E-state index contributed by atoms with van der Waals surface area (Å²) in [6, 6.07) is 0. The van der Waals surface area contributed by atoms with Crippen LogP contribution >= 0.6 is 0 Å². The van der Waals surface area contributed by atoms with Crippen LogP contribution in [0, 0.1) is 0 Å². The fourth-order valence-electron chi connectivity index (χ4n) is 0.387. The Morgan fingerprint density at radius 1 is 0.733 bits per heavy atom. The summed E-state index contributed by atoms with van der Waals surface area (Å²) >= 11 is 0. The fraction of sp³-hybridized carbons (Fsp3) is 1.00. The Balaban J connectivity index is -0.000000200. The summed E-state index contributed by atoms with van der Waals surface area (Å²) in [5.74, 6) is 0. The highest BCUT2D eigenvalue weighted by Gasteiger charge is 1.84. The molecule has 2 N–H and O–H groups in total. The maximum Gasteiger partial charge on any atom is 0.0701 e. The van der Waals surface area contributed by atoms with Crippen molar-refractivity contribution in [1.29, 1.82) is 0 Å². The van der Waals surface area contributed by atoms with E-state index in [1.54, 1.807) is 28.1 Å². The van der Waals surface area contributed by atoms with Crippen LogP contribution in [0.5, 0.6) is 0 Å². The van der Waals surface area contributed by atoms with Gasteiger partial charge in [0, 0.05) is 27.4 Å². The topological polar surface area (TPSA) is 68.2 Å². The molecule has 0 aliphatic rings. The minimum atomic E-state index is 0.250. The van der Waals surface area contributed by atoms with Crippen molar-refractivity contribution in [2.75, 3.05) is 53.9 Å². The van der Waals surface area contributed by atoms with E-state index in [4.69, 9.17) is 24.4 Å². The minimum Gasteiger partial charge on any atom is -0.397 e. The third-order valence-corrected chi connectivity index (χ3v) is 0.864. The van der Waals surface area contributed by atoms with Crippen LogP contribution in [0.25, 0.3) is 0 Å². The van der Waals surface area contributed by atoms with Crippen LogP contribution in [0.4, 0.5) is 0 Å². The summed E-state index contributed by atoms with van der Waals surface area (Å²) in [7, 11) is 3.30. The molecule has 0 saturated carbocycles. The van der Waals surface area contributed by atoms with Crippen LogP contribution in [-0.2, 0) is 14.2 Å². The molecule has 0 aromatic rings. The number of aliphatic hydroxyl groups excluding tert-OH is 2. The van der Waals surface area contributed by atoms with E-state index in [-0.39, 0.29) is 13.2 Å². The molecule has 0 spiro atoms. The Morgan fingerprint density at radius 2 is 1.00 bits per heavy atom. The highest BCUT2D eigenvalue weighted by molar-refractivity contribution is 4.28. The van der Waals surface area contributed by atoms with Gasteiger partial charge in [-0.05, 0) is 13.8 Å². The molecule has 0 saturated heterocycles. The first-order valence-corrected chi connectivity index (χ1v) is 5.02. The monoisotopic (exact) mass is 226 g/mol. The lowest BCUT2D eigenvalue weighted by molar-refractivity contribution is 0.0385. The second kappa shape index (κ2) is 29.2. The number of rotatable bonds is 6. The van der Waals surface area contributed by atoms with Crippen LogP contribution < -0.4 is 0 Å². The zero-order valence-corrected chi connectivity index (χ0v) is 10.4. The van der Waals surface area contributed by atoms with Gasteiger partial charge in [-0.3, -0.25) is 0 Å². The van der Waals surface area contributed by atoms with Crippen molar-refractivity contribution in [3.8, 4) is 0 Å². The van der Waals surface area contributed by atoms with E-state index in [2.05, 4.69) is 0 Å². The highest BCUT2D eigenvalue weighted by Crippen LogP contribution is 1.75. The zero-order valence-electron chi connectivity index (χ0n) is 10.4. The van der Waals surface area contributed by atoms with Gasteiger partial charge in [0.15, 0.2) is 0 Å². The molecule has 96 valence electrons. The average Bonchev–Trinajstić information content (AvgIpc) is 2.20. The van der Waals surface area contributed by atoms with E-state index in [0.29, 0.717) is 26.4 Å². The van der Waals surface area contributed by atoms with Crippen molar-refractivity contribution in [2.45, 2.75) is 13.8 Å². The van der Waals surface area contributed by atoms with Gasteiger partial charge in [-0.2, -0.15) is 0 Å². The van der Waals surface area contributed by atoms with Crippen LogP contribution in [0.15, 0.2) is 0 Å². The van der Waals surface area contributed by atoms with Crippen LogP contribution in [-0.4, -0.2) is 64.1 Å². The van der Waals surface area contributed by atoms with Gasteiger partial charge in [0.05, 0.1) is 26.4 Å². The summed E-state index contributed by atoms with van der Waals surface area (Å²) in [5, 5.41) is 15.1. The second-order valence-electron chi connectivity index (χ2n) is 2.23. The number of hydrogen-bond acceptors (Lipinski definition) is 5. The van der Waals surface area contributed by atoms with Gasteiger partial charge >= 0.3 is 0 Å². The number of hydrogen-bond donors (Lipinski definition) is 2. The summed E-state index contributed by atoms with van der Waals surface area (Å²) in [4.78, 5) is 0. The predicted octanol–water partition coefficient (Wildman–Crippen LogP) is 0.293. The molecule has 0 amide bonds. The predicted molar refractivity (Wildman–Crippen MR) is 60.1 cm³/mol. The number of aliphatic hydroxyl groups is 2. The standard InChI is InChI=1S/C6H14O3.2C2H6O/c1-7-3-5-9-6-4-8-2;2*1-2-3/h3-6H2,1-2H3;2*3H,2H2,1H3. The molecule has 0 aromatic carbocycles. The first-order chi connectivity index (χ1) is 7.24. The molecule has 0 fully saturated rings. The van der Waals surface area contributed by atoms with Gasteiger partial charge in [0.2, 0.25) is 0 Å². The maximum atomic E-state index is 7.57. The van der Waals surface area contributed by atoms with E-state index >= 15 is 0 Å². The molecule has 15 heavy (non-hydrogen) atoms. The van der Waals surface area contributed by atoms with Crippen molar-refractivity contribution in [1.82, 2.24) is 0 Å². The molecule has 0 aliphatic carbocycles. The van der Waals surface area contributed by atoms with Gasteiger partial charge in [-0.25, -0.2) is 0 Å². The Labute approximate surface area is 93.0 Å². The van der Waals surface area contributed by atoms with Crippen molar-refractivity contribution in [3.05, 3.63) is 0 Å². The van der Waals surface area contributed by atoms with E-state index < -0.39 is 0 Å². The quantitative estimate of drug-likeness (QED) is 0.637. The van der Waals surface area contributed by atoms with Gasteiger partial charge < -0.3 is 24.4 Å². The van der Waals surface area contributed by atoms with E-state index in [0.717, 1.165) is 0 Å². The molecular formula is C10H26O5. The molecule has 0 aromatic heterocycles. The molecule has 0 heterocycles. The Hall–Kier alpha value is -0.200. The Kier molecular flexibility index (Phi) is 39.4. The SMILES string of the molecule is CCO.CCO.COCCOCCOC. The molecule has 5 nitrogen and oxygen atoms in total. The first kappa shape index (κ1) is 20.2. The van der Waals surface area contributed by atoms with Crippen molar-refractivity contribution < 1.29 is 24.4 Å². The van der Waals surface area contributed by atoms with Gasteiger partial charge in [0.1, 0.15) is 0 Å². The number of ether oxygens (including phenoxy) is 3. The lowest BCUT2D eigenvalue weighted by Crippen LogP contribution is -2.06. The molecule has 0 atom stereocenters. The zero-order chi connectivity index (χ0) is 12.4. The third kappa shape index (κ3) is 57.1. The van der Waals surface area contributed by atoms with Crippen LogP contribution in [0.3, 0.4) is 0 Å². The summed E-state index contributed by atoms with van der Waals surface area (Å²) in [6.45, 7) is 6.48. The molecule has 0 bridgehead atoms. The van der Waals surface area contributed by atoms with E-state index in [1.165, 1.54) is 0 Å². The van der Waals surface area contributed by atoms with E-state index in [1.807, 2.05) is 0 Å². The lowest BCUT2D eigenvalue weighted by atomic mass is 10.7. The van der Waals surface area contributed by atoms with Crippen LogP contribution in [0.1, 0.15) is 13.8 Å². The van der Waals surface area contributed by atoms with Crippen LogP contribution in [0.2, 0.25) is 0 Å². The van der Waals surface area contributed by atoms with Gasteiger partial charge in [-0.15, -0.1) is 0 Å². The maximum absolute atomic E-state index is 7.57. The first-order valence-electron chi connectivity index (χ1n) is 5.02. The second-order valence-corrected chi connectivity index (χ2v) is 2.23. The third-order valence-electron chi connectivity index (χ3n) is 0.864. The number of methoxy groups -OCH3 is 2. The molecule has 0 rings (SSSR count). The molecule has 0 radical (unpaired) electrons. The lowest BCUT2D eigenvalue weighted by Gasteiger charge is -2.00. The summed E-state index contributed by atoms with van der Waals surface area (Å²) in [6.07, 6.45) is 0. The van der Waals surface area contributed by atoms with Crippen molar-refractivity contribution in [2.24, 2.45) is 0 Å². The minimum absolute atomic E-state index is 0.250. The average molecular weight is 226 g/mol. The Bertz CT molecular complexity index is 62.8. The molecule has 5 heteroatoms. The fourth-order valence-corrected chi connectivity index (χ4v) is 0.387. The Morgan fingerprint density at radius 3 is 1.20 bits per heavy atom. The smallest absolute Gasteiger partial charge is 0.0701 e. The molecule has 0 unspecified atom stereocenters. The summed E-state index contributed by atoms with van der Waals surface area (Å²) < 4.78 is 14.6.